The van der Waals surface area contributed by atoms with E-state index in [0.29, 0.717) is 12.3 Å². The molecule has 2 aliphatic rings. The van der Waals surface area contributed by atoms with Crippen LogP contribution in [0.25, 0.3) is 10.6 Å². The normalized spacial score (nSPS) is 19.3. The summed E-state index contributed by atoms with van der Waals surface area (Å²) in [6, 6.07) is 8.30. The van der Waals surface area contributed by atoms with E-state index in [2.05, 4.69) is 29.4 Å². The Morgan fingerprint density at radius 2 is 2.08 bits per heavy atom. The molecule has 6 heteroatoms. The maximum atomic E-state index is 12.3. The van der Waals surface area contributed by atoms with Crippen molar-refractivity contribution in [2.24, 2.45) is 7.05 Å². The van der Waals surface area contributed by atoms with Gasteiger partial charge in [0.1, 0.15) is 10.8 Å². The highest BCUT2D eigenvalue weighted by molar-refractivity contribution is 7.15. The van der Waals surface area contributed by atoms with Gasteiger partial charge in [0.05, 0.1) is 5.69 Å². The van der Waals surface area contributed by atoms with Crippen LogP contribution in [0.4, 0.5) is 5.82 Å². The summed E-state index contributed by atoms with van der Waals surface area (Å²) < 4.78 is 1.83. The van der Waals surface area contributed by atoms with Crippen LogP contribution in [-0.2, 0) is 11.8 Å². The predicted octanol–water partition coefficient (Wildman–Crippen LogP) is 4.20. The van der Waals surface area contributed by atoms with Crippen LogP contribution in [0.1, 0.15) is 52.8 Å². The van der Waals surface area contributed by atoms with Crippen LogP contribution >= 0.6 is 11.3 Å². The van der Waals surface area contributed by atoms with Crippen molar-refractivity contribution in [1.29, 1.82) is 0 Å². The van der Waals surface area contributed by atoms with E-state index in [0.717, 1.165) is 21.3 Å². The number of thiazole rings is 1. The minimum Gasteiger partial charge on any atom is -0.311 e. The van der Waals surface area contributed by atoms with E-state index in [1.807, 2.05) is 30.1 Å². The van der Waals surface area contributed by atoms with Crippen LogP contribution in [0.2, 0.25) is 0 Å². The molecule has 132 valence electrons. The first-order valence-corrected chi connectivity index (χ1v) is 9.82. The van der Waals surface area contributed by atoms with E-state index < -0.39 is 0 Å². The van der Waals surface area contributed by atoms with Gasteiger partial charge >= 0.3 is 0 Å². The number of benzene rings is 1. The van der Waals surface area contributed by atoms with Gasteiger partial charge in [-0.2, -0.15) is 5.10 Å². The molecule has 3 aromatic rings. The second-order valence-electron chi connectivity index (χ2n) is 7.23. The van der Waals surface area contributed by atoms with Gasteiger partial charge in [-0.25, -0.2) is 4.98 Å². The SMILES string of the molecule is Cc1ccccc1-c1ncc([C@@H]2CC(=O)Nc3c2c(C2CC2)nn3C)s1. The fourth-order valence-corrected chi connectivity index (χ4v) is 4.93. The van der Waals surface area contributed by atoms with Gasteiger partial charge < -0.3 is 5.32 Å². The third-order valence-electron chi connectivity index (χ3n) is 5.31. The van der Waals surface area contributed by atoms with Crippen molar-refractivity contribution >= 4 is 23.1 Å². The molecule has 5 rings (SSSR count). The van der Waals surface area contributed by atoms with Gasteiger partial charge in [0.25, 0.3) is 0 Å². The largest absolute Gasteiger partial charge is 0.311 e. The molecule has 5 nitrogen and oxygen atoms in total. The zero-order chi connectivity index (χ0) is 17.8. The lowest BCUT2D eigenvalue weighted by atomic mass is 9.90. The molecule has 1 atom stereocenters. The van der Waals surface area contributed by atoms with Crippen molar-refractivity contribution in [2.45, 2.75) is 38.0 Å². The Labute approximate surface area is 156 Å². The zero-order valence-corrected chi connectivity index (χ0v) is 15.6. The Bertz CT molecular complexity index is 1010. The molecule has 0 radical (unpaired) electrons. The molecule has 3 heterocycles. The minimum atomic E-state index is 0.0540. The molecule has 26 heavy (non-hydrogen) atoms. The highest BCUT2D eigenvalue weighted by atomic mass is 32.1. The maximum Gasteiger partial charge on any atom is 0.226 e. The third kappa shape index (κ3) is 2.48. The van der Waals surface area contributed by atoms with Crippen LogP contribution < -0.4 is 5.32 Å². The van der Waals surface area contributed by atoms with Crippen LogP contribution in [-0.4, -0.2) is 20.7 Å². The van der Waals surface area contributed by atoms with Gasteiger partial charge in [-0.3, -0.25) is 9.48 Å². The summed E-state index contributed by atoms with van der Waals surface area (Å²) in [5.41, 5.74) is 4.75. The molecule has 1 N–H and O–H groups in total. The van der Waals surface area contributed by atoms with Gasteiger partial charge in [0.15, 0.2) is 0 Å². The topological polar surface area (TPSA) is 59.8 Å². The number of nitrogens with one attached hydrogen (secondary N) is 1. The second-order valence-corrected chi connectivity index (χ2v) is 8.30. The predicted molar refractivity (Wildman–Crippen MR) is 103 cm³/mol. The Hall–Kier alpha value is -2.47. The average Bonchev–Trinajstić information content (AvgIpc) is 3.26. The molecule has 1 aliphatic heterocycles. The van der Waals surface area contributed by atoms with Crippen molar-refractivity contribution in [3.8, 4) is 10.6 Å². The number of rotatable bonds is 3. The first kappa shape index (κ1) is 15.8. The molecule has 1 fully saturated rings. The van der Waals surface area contributed by atoms with Crippen LogP contribution in [0.15, 0.2) is 30.5 Å². The first-order chi connectivity index (χ1) is 12.6. The van der Waals surface area contributed by atoms with Crippen molar-refractivity contribution < 1.29 is 4.79 Å². The van der Waals surface area contributed by atoms with Crippen molar-refractivity contribution in [3.05, 3.63) is 52.2 Å². The van der Waals surface area contributed by atoms with Gasteiger partial charge in [-0.15, -0.1) is 11.3 Å². The van der Waals surface area contributed by atoms with Crippen LogP contribution in [0.3, 0.4) is 0 Å². The second kappa shape index (κ2) is 5.77. The maximum absolute atomic E-state index is 12.3. The van der Waals surface area contributed by atoms with E-state index in [1.54, 1.807) is 11.3 Å². The van der Waals surface area contributed by atoms with Gasteiger partial charge in [-0.1, -0.05) is 24.3 Å². The Morgan fingerprint density at radius 1 is 1.27 bits per heavy atom. The van der Waals surface area contributed by atoms with Crippen molar-refractivity contribution in [1.82, 2.24) is 14.8 Å². The Kier molecular flexibility index (Phi) is 3.50. The van der Waals surface area contributed by atoms with Crippen LogP contribution in [0.5, 0.6) is 0 Å². The number of amides is 1. The summed E-state index contributed by atoms with van der Waals surface area (Å²) in [6.07, 6.45) is 4.81. The number of hydrogen-bond acceptors (Lipinski definition) is 4. The molecular formula is C20H20N4OS. The zero-order valence-electron chi connectivity index (χ0n) is 14.8. The van der Waals surface area contributed by atoms with Gasteiger partial charge in [0.2, 0.25) is 5.91 Å². The number of carbonyl (C=O) groups is 1. The summed E-state index contributed by atoms with van der Waals surface area (Å²) >= 11 is 1.69. The lowest BCUT2D eigenvalue weighted by Gasteiger charge is -2.22. The quantitative estimate of drug-likeness (QED) is 0.757. The van der Waals surface area contributed by atoms with E-state index in [4.69, 9.17) is 5.10 Å². The number of aromatic nitrogens is 3. The summed E-state index contributed by atoms with van der Waals surface area (Å²) in [7, 11) is 1.92. The van der Waals surface area contributed by atoms with E-state index in [9.17, 15) is 4.79 Å². The molecule has 0 saturated heterocycles. The minimum absolute atomic E-state index is 0.0540. The summed E-state index contributed by atoms with van der Waals surface area (Å²) in [6.45, 7) is 2.11. The molecule has 0 unspecified atom stereocenters. The number of fused-ring (bicyclic) bond motifs is 1. The van der Waals surface area contributed by atoms with Gasteiger partial charge in [0, 0.05) is 47.5 Å². The monoisotopic (exact) mass is 364 g/mol. The molecule has 2 aromatic heterocycles. The highest BCUT2D eigenvalue weighted by Crippen LogP contribution is 2.49. The Morgan fingerprint density at radius 3 is 2.85 bits per heavy atom. The molecule has 1 aliphatic carbocycles. The molecular weight excluding hydrogens is 344 g/mol. The first-order valence-electron chi connectivity index (χ1n) is 9.00. The average molecular weight is 364 g/mol. The molecule has 0 bridgehead atoms. The van der Waals surface area contributed by atoms with E-state index in [1.165, 1.54) is 29.7 Å². The van der Waals surface area contributed by atoms with Gasteiger partial charge in [-0.05, 0) is 25.3 Å². The van der Waals surface area contributed by atoms with E-state index in [-0.39, 0.29) is 11.8 Å². The van der Waals surface area contributed by atoms with Crippen LogP contribution in [0, 0.1) is 6.92 Å². The molecule has 0 spiro atoms. The van der Waals surface area contributed by atoms with Crippen molar-refractivity contribution in [2.75, 3.05) is 5.32 Å². The fourth-order valence-electron chi connectivity index (χ4n) is 3.81. The lowest BCUT2D eigenvalue weighted by Crippen LogP contribution is -2.24. The smallest absolute Gasteiger partial charge is 0.226 e. The highest BCUT2D eigenvalue weighted by Gasteiger charge is 2.39. The molecule has 1 saturated carbocycles. The molecule has 1 amide bonds. The van der Waals surface area contributed by atoms with Crippen molar-refractivity contribution in [3.63, 3.8) is 0 Å². The lowest BCUT2D eigenvalue weighted by molar-refractivity contribution is -0.116. The standard InChI is InChI=1S/C20H20N4OS/c1-11-5-3-4-6-13(11)20-21-10-15(26-20)14-9-16(25)22-19-17(14)18(12-7-8-12)23-24(19)2/h3-6,10,12,14H,7-9H2,1-2H3,(H,22,25)/t14-/m0/s1. The van der Waals surface area contributed by atoms with E-state index >= 15 is 0 Å². The number of carbonyl (C=O) groups excluding carboxylic acids is 1. The fraction of sp³-hybridized carbons (Fsp3) is 0.350. The number of nitrogens with zero attached hydrogens (tertiary/aromatic N) is 3. The summed E-state index contributed by atoms with van der Waals surface area (Å²) in [4.78, 5) is 18.1. The summed E-state index contributed by atoms with van der Waals surface area (Å²) in [5.74, 6) is 1.52. The number of anilines is 1. The number of aryl methyl sites for hydroxylation is 2. The third-order valence-corrected chi connectivity index (χ3v) is 6.46. The summed E-state index contributed by atoms with van der Waals surface area (Å²) in [5, 5.41) is 8.77. The Balaban J connectivity index is 1.60. The number of hydrogen-bond donors (Lipinski definition) is 1. The molecule has 1 aromatic carbocycles.